The molecular formula is C13H14N4O5. The summed E-state index contributed by atoms with van der Waals surface area (Å²) < 4.78 is 10.1. The normalized spacial score (nSPS) is 10.3. The lowest BCUT2D eigenvalue weighted by atomic mass is 10.2. The van der Waals surface area contributed by atoms with E-state index in [-0.39, 0.29) is 11.8 Å². The molecule has 0 aliphatic heterocycles. The number of rotatable bonds is 5. The van der Waals surface area contributed by atoms with Gasteiger partial charge in [0, 0.05) is 0 Å². The number of aromatic nitrogens is 2. The Balaban J connectivity index is 2.22. The summed E-state index contributed by atoms with van der Waals surface area (Å²) in [5, 5.41) is 13.1. The van der Waals surface area contributed by atoms with Crippen LogP contribution in [0.3, 0.4) is 0 Å². The van der Waals surface area contributed by atoms with Gasteiger partial charge in [0.25, 0.3) is 5.91 Å². The second-order valence-electron chi connectivity index (χ2n) is 4.33. The Morgan fingerprint density at radius 1 is 1.36 bits per heavy atom. The Labute approximate surface area is 125 Å². The molecule has 9 heteroatoms. The molecule has 116 valence electrons. The van der Waals surface area contributed by atoms with E-state index in [2.05, 4.69) is 15.3 Å². The summed E-state index contributed by atoms with van der Waals surface area (Å²) >= 11 is 0. The topological polar surface area (TPSA) is 120 Å². The van der Waals surface area contributed by atoms with E-state index in [1.54, 1.807) is 13.8 Å². The highest BCUT2D eigenvalue weighted by Gasteiger charge is 2.19. The summed E-state index contributed by atoms with van der Waals surface area (Å²) in [5.74, 6) is -1.28. The Morgan fingerprint density at radius 2 is 2.00 bits per heavy atom. The highest BCUT2D eigenvalue weighted by atomic mass is 16.6. The Kier molecular flexibility index (Phi) is 4.35. The second kappa shape index (κ2) is 6.20. The molecule has 2 rings (SSSR count). The minimum atomic E-state index is -0.715. The molecule has 0 saturated heterocycles. The smallest absolute Gasteiger partial charge is 0.433 e. The molecule has 22 heavy (non-hydrogen) atoms. The van der Waals surface area contributed by atoms with Gasteiger partial charge in [0.2, 0.25) is 0 Å². The fraction of sp³-hybridized carbons (Fsp3) is 0.308. The highest BCUT2D eigenvalue weighted by molar-refractivity contribution is 6.03. The third-order valence-corrected chi connectivity index (χ3v) is 2.76. The molecule has 1 amide bonds. The van der Waals surface area contributed by atoms with Crippen LogP contribution < -0.4 is 10.1 Å². The lowest BCUT2D eigenvalue weighted by Crippen LogP contribution is -2.15. The van der Waals surface area contributed by atoms with Crippen LogP contribution in [0.25, 0.3) is 0 Å². The summed E-state index contributed by atoms with van der Waals surface area (Å²) in [6.07, 6.45) is 0. The summed E-state index contributed by atoms with van der Waals surface area (Å²) in [6, 6.07) is 2.57. The number of nitrogens with one attached hydrogen (secondary N) is 1. The molecule has 0 aliphatic rings. The number of amides is 1. The number of carbonyl (C=O) groups excluding carboxylic acids is 1. The van der Waals surface area contributed by atoms with Gasteiger partial charge in [-0.1, -0.05) is 0 Å². The number of nitrogens with zero attached hydrogens (tertiary/aromatic N) is 3. The first kappa shape index (κ1) is 15.4. The van der Waals surface area contributed by atoms with Gasteiger partial charge >= 0.3 is 11.9 Å². The highest BCUT2D eigenvalue weighted by Crippen LogP contribution is 2.22. The van der Waals surface area contributed by atoms with Crippen LogP contribution in [0.1, 0.15) is 28.9 Å². The molecule has 0 aliphatic carbocycles. The molecule has 0 aromatic carbocycles. The fourth-order valence-electron chi connectivity index (χ4n) is 1.78. The van der Waals surface area contributed by atoms with Crippen LogP contribution >= 0.6 is 0 Å². The van der Waals surface area contributed by atoms with Gasteiger partial charge in [-0.3, -0.25) is 14.9 Å². The van der Waals surface area contributed by atoms with E-state index in [0.717, 1.165) is 6.07 Å². The van der Waals surface area contributed by atoms with Crippen molar-refractivity contribution in [2.24, 2.45) is 0 Å². The molecular weight excluding hydrogens is 292 g/mol. The minimum Gasteiger partial charge on any atom is -0.464 e. The quantitative estimate of drug-likeness (QED) is 0.664. The lowest BCUT2D eigenvalue weighted by Gasteiger charge is -2.11. The predicted molar refractivity (Wildman–Crippen MR) is 76.0 cm³/mol. The SMILES string of the molecule is CCOc1nc(C)c(NC(=O)c2ccc([N+](=O)[O-])o2)c(C)n1. The maximum Gasteiger partial charge on any atom is 0.433 e. The Hall–Kier alpha value is -2.97. The van der Waals surface area contributed by atoms with Gasteiger partial charge in [-0.25, -0.2) is 0 Å². The van der Waals surface area contributed by atoms with Crippen molar-refractivity contribution >= 4 is 17.5 Å². The van der Waals surface area contributed by atoms with Crippen LogP contribution in [-0.2, 0) is 0 Å². The second-order valence-corrected chi connectivity index (χ2v) is 4.33. The van der Waals surface area contributed by atoms with Gasteiger partial charge in [0.05, 0.1) is 29.7 Å². The first-order valence-corrected chi connectivity index (χ1v) is 6.46. The van der Waals surface area contributed by atoms with Crippen molar-refractivity contribution in [3.8, 4) is 6.01 Å². The van der Waals surface area contributed by atoms with Crippen LogP contribution in [0.2, 0.25) is 0 Å². The van der Waals surface area contributed by atoms with Crippen molar-refractivity contribution in [1.82, 2.24) is 9.97 Å². The van der Waals surface area contributed by atoms with Crippen molar-refractivity contribution < 1.29 is 18.9 Å². The van der Waals surface area contributed by atoms with E-state index in [4.69, 9.17) is 9.15 Å². The van der Waals surface area contributed by atoms with Gasteiger partial charge in [0.15, 0.2) is 5.76 Å². The zero-order chi connectivity index (χ0) is 16.3. The number of anilines is 1. The molecule has 0 atom stereocenters. The van der Waals surface area contributed by atoms with Crippen molar-refractivity contribution in [1.29, 1.82) is 0 Å². The number of aryl methyl sites for hydroxylation is 2. The standard InChI is InChI=1S/C13H14N4O5/c1-4-21-13-14-7(2)11(8(3)15-13)16-12(18)9-5-6-10(22-9)17(19)20/h5-6H,4H2,1-3H3,(H,16,18). The molecule has 0 spiro atoms. The zero-order valence-corrected chi connectivity index (χ0v) is 12.2. The van der Waals surface area contributed by atoms with Crippen molar-refractivity contribution in [2.45, 2.75) is 20.8 Å². The van der Waals surface area contributed by atoms with Crippen LogP contribution in [-0.4, -0.2) is 27.4 Å². The molecule has 0 bridgehead atoms. The summed E-state index contributed by atoms with van der Waals surface area (Å²) in [6.45, 7) is 5.63. The number of furan rings is 1. The molecule has 9 nitrogen and oxygen atoms in total. The maximum absolute atomic E-state index is 12.1. The van der Waals surface area contributed by atoms with Gasteiger partial charge in [-0.05, 0) is 26.8 Å². The summed E-state index contributed by atoms with van der Waals surface area (Å²) in [5.41, 5.74) is 1.45. The van der Waals surface area contributed by atoms with E-state index in [9.17, 15) is 14.9 Å². The minimum absolute atomic E-state index is 0.167. The van der Waals surface area contributed by atoms with Crippen LogP contribution in [0.4, 0.5) is 11.6 Å². The zero-order valence-electron chi connectivity index (χ0n) is 12.2. The molecule has 2 aromatic rings. The van der Waals surface area contributed by atoms with Crippen LogP contribution in [0, 0.1) is 24.0 Å². The van der Waals surface area contributed by atoms with Gasteiger partial charge in [-0.15, -0.1) is 0 Å². The first-order chi connectivity index (χ1) is 10.4. The average Bonchev–Trinajstić information content (AvgIpc) is 2.93. The Bertz CT molecular complexity index is 702. The van der Waals surface area contributed by atoms with Gasteiger partial charge in [0.1, 0.15) is 4.92 Å². The number of hydrogen-bond donors (Lipinski definition) is 1. The fourth-order valence-corrected chi connectivity index (χ4v) is 1.78. The van der Waals surface area contributed by atoms with Crippen molar-refractivity contribution in [2.75, 3.05) is 11.9 Å². The first-order valence-electron chi connectivity index (χ1n) is 6.46. The molecule has 0 saturated carbocycles. The number of nitro groups is 1. The lowest BCUT2D eigenvalue weighted by molar-refractivity contribution is -0.402. The van der Waals surface area contributed by atoms with E-state index >= 15 is 0 Å². The molecule has 0 unspecified atom stereocenters. The molecule has 2 aromatic heterocycles. The van der Waals surface area contributed by atoms with E-state index in [1.165, 1.54) is 6.07 Å². The average molecular weight is 306 g/mol. The van der Waals surface area contributed by atoms with Gasteiger partial charge < -0.3 is 14.5 Å². The molecule has 0 fully saturated rings. The van der Waals surface area contributed by atoms with E-state index in [1.807, 2.05) is 6.92 Å². The molecule has 2 heterocycles. The van der Waals surface area contributed by atoms with Crippen molar-refractivity contribution in [3.05, 3.63) is 39.4 Å². The third kappa shape index (κ3) is 3.19. The van der Waals surface area contributed by atoms with E-state index in [0.29, 0.717) is 23.7 Å². The number of carbonyl (C=O) groups is 1. The van der Waals surface area contributed by atoms with E-state index < -0.39 is 16.7 Å². The monoisotopic (exact) mass is 306 g/mol. The number of ether oxygens (including phenoxy) is 1. The van der Waals surface area contributed by atoms with Crippen LogP contribution in [0.5, 0.6) is 6.01 Å². The van der Waals surface area contributed by atoms with Crippen molar-refractivity contribution in [3.63, 3.8) is 0 Å². The Morgan fingerprint density at radius 3 is 2.50 bits per heavy atom. The predicted octanol–water partition coefficient (Wildman–Crippen LogP) is 2.25. The molecule has 1 N–H and O–H groups in total. The summed E-state index contributed by atoms with van der Waals surface area (Å²) in [4.78, 5) is 30.1. The molecule has 0 radical (unpaired) electrons. The van der Waals surface area contributed by atoms with Gasteiger partial charge in [-0.2, -0.15) is 9.97 Å². The summed E-state index contributed by atoms with van der Waals surface area (Å²) in [7, 11) is 0. The third-order valence-electron chi connectivity index (χ3n) is 2.76. The van der Waals surface area contributed by atoms with Crippen LogP contribution in [0.15, 0.2) is 16.5 Å². The maximum atomic E-state index is 12.1. The largest absolute Gasteiger partial charge is 0.464 e. The number of hydrogen-bond acceptors (Lipinski definition) is 7.